The molecule has 4 rings (SSSR count). The number of amides is 1. The van der Waals surface area contributed by atoms with Crippen LogP contribution < -0.4 is 14.2 Å². The summed E-state index contributed by atoms with van der Waals surface area (Å²) in [5.41, 5.74) is 2.63. The predicted octanol–water partition coefficient (Wildman–Crippen LogP) is 5.42. The molecule has 0 saturated carbocycles. The third-order valence-corrected chi connectivity index (χ3v) is 6.10. The van der Waals surface area contributed by atoms with Gasteiger partial charge < -0.3 is 19.1 Å². The number of carbonyl (C=O) groups excluding carboxylic acids is 1. The number of benzene rings is 3. The van der Waals surface area contributed by atoms with Crippen LogP contribution in [0.2, 0.25) is 0 Å². The molecule has 0 saturated heterocycles. The Morgan fingerprint density at radius 3 is 2.34 bits per heavy atom. The highest BCUT2D eigenvalue weighted by Crippen LogP contribution is 2.39. The van der Waals surface area contributed by atoms with Crippen molar-refractivity contribution >= 4 is 21.8 Å². The molecule has 3 aromatic rings. The molecule has 3 aromatic carbocycles. The minimum Gasteiger partial charge on any atom is -0.493 e. The fourth-order valence-electron chi connectivity index (χ4n) is 3.92. The summed E-state index contributed by atoms with van der Waals surface area (Å²) < 4.78 is 31.1. The van der Waals surface area contributed by atoms with Crippen LogP contribution in [0.5, 0.6) is 17.2 Å². The Labute approximate surface area is 194 Å². The first kappa shape index (κ1) is 22.1. The standard InChI is InChI=1S/C25H23BrFNO4/c1-30-23-13-17-11-12-28(25(29)16-3-5-18(26)6-4-16)22(21(17)14-24(23)31-2)15-32-20-9-7-19(27)8-10-20/h3-10,13-14,22H,11-12,15H2,1-2H3/t22-/m0/s1. The molecule has 0 aliphatic carbocycles. The Hall–Kier alpha value is -3.06. The van der Waals surface area contributed by atoms with Crippen molar-refractivity contribution in [1.82, 2.24) is 4.90 Å². The fraction of sp³-hybridized carbons (Fsp3) is 0.240. The van der Waals surface area contributed by atoms with Crippen LogP contribution in [-0.4, -0.2) is 38.2 Å². The SMILES string of the molecule is COc1cc2c(cc1OC)[C@H](COc1ccc(F)cc1)N(C(=O)c1ccc(Br)cc1)CC2. The Morgan fingerprint density at radius 2 is 1.69 bits per heavy atom. The predicted molar refractivity (Wildman–Crippen MR) is 123 cm³/mol. The lowest BCUT2D eigenvalue weighted by molar-refractivity contribution is 0.0589. The van der Waals surface area contributed by atoms with Gasteiger partial charge in [-0.15, -0.1) is 0 Å². The molecule has 1 heterocycles. The molecule has 0 radical (unpaired) electrons. The smallest absolute Gasteiger partial charge is 0.254 e. The minimum absolute atomic E-state index is 0.0781. The van der Waals surface area contributed by atoms with E-state index in [2.05, 4.69) is 15.9 Å². The van der Waals surface area contributed by atoms with Crippen molar-refractivity contribution in [3.8, 4) is 17.2 Å². The highest BCUT2D eigenvalue weighted by Gasteiger charge is 2.33. The Kier molecular flexibility index (Phi) is 6.65. The van der Waals surface area contributed by atoms with Crippen LogP contribution in [0.4, 0.5) is 4.39 Å². The van der Waals surface area contributed by atoms with Crippen LogP contribution in [0.15, 0.2) is 65.1 Å². The Balaban J connectivity index is 1.69. The van der Waals surface area contributed by atoms with Crippen molar-refractivity contribution in [1.29, 1.82) is 0 Å². The number of nitrogens with zero attached hydrogens (tertiary/aromatic N) is 1. The molecule has 32 heavy (non-hydrogen) atoms. The number of halogens is 2. The molecule has 1 aliphatic rings. The summed E-state index contributed by atoms with van der Waals surface area (Å²) in [7, 11) is 3.19. The molecule has 0 fully saturated rings. The lowest BCUT2D eigenvalue weighted by Gasteiger charge is -2.37. The van der Waals surface area contributed by atoms with Gasteiger partial charge in [-0.3, -0.25) is 4.79 Å². The van der Waals surface area contributed by atoms with Gasteiger partial charge in [-0.25, -0.2) is 4.39 Å². The summed E-state index contributed by atoms with van der Waals surface area (Å²) in [6.07, 6.45) is 0.686. The second-order valence-electron chi connectivity index (χ2n) is 7.44. The number of carbonyl (C=O) groups is 1. The molecule has 5 nitrogen and oxygen atoms in total. The van der Waals surface area contributed by atoms with E-state index in [0.29, 0.717) is 35.8 Å². The first-order valence-corrected chi connectivity index (χ1v) is 11.0. The summed E-state index contributed by atoms with van der Waals surface area (Å²) in [5.74, 6) is 1.37. The lowest BCUT2D eigenvalue weighted by Crippen LogP contribution is -2.42. The van der Waals surface area contributed by atoms with Crippen molar-refractivity contribution in [3.63, 3.8) is 0 Å². The van der Waals surface area contributed by atoms with Crippen LogP contribution in [0.3, 0.4) is 0 Å². The topological polar surface area (TPSA) is 48.0 Å². The quantitative estimate of drug-likeness (QED) is 0.454. The van der Waals surface area contributed by atoms with Crippen LogP contribution in [0.1, 0.15) is 27.5 Å². The highest BCUT2D eigenvalue weighted by molar-refractivity contribution is 9.10. The van der Waals surface area contributed by atoms with Crippen LogP contribution in [0, 0.1) is 5.82 Å². The van der Waals surface area contributed by atoms with Crippen molar-refractivity contribution in [3.05, 3.63) is 87.6 Å². The van der Waals surface area contributed by atoms with Crippen molar-refractivity contribution in [2.24, 2.45) is 0 Å². The summed E-state index contributed by atoms with van der Waals surface area (Å²) in [4.78, 5) is 15.2. The first-order chi connectivity index (χ1) is 15.5. The molecule has 1 atom stereocenters. The number of methoxy groups -OCH3 is 2. The van der Waals surface area contributed by atoms with Gasteiger partial charge in [-0.1, -0.05) is 15.9 Å². The van der Waals surface area contributed by atoms with Crippen molar-refractivity contribution in [2.75, 3.05) is 27.4 Å². The zero-order valence-electron chi connectivity index (χ0n) is 17.8. The number of ether oxygens (including phenoxy) is 3. The van der Waals surface area contributed by atoms with E-state index in [1.165, 1.54) is 12.1 Å². The second kappa shape index (κ2) is 9.61. The largest absolute Gasteiger partial charge is 0.493 e. The zero-order valence-corrected chi connectivity index (χ0v) is 19.4. The number of hydrogen-bond acceptors (Lipinski definition) is 4. The fourth-order valence-corrected chi connectivity index (χ4v) is 4.18. The number of rotatable bonds is 6. The average Bonchev–Trinajstić information content (AvgIpc) is 2.82. The number of hydrogen-bond donors (Lipinski definition) is 0. The molecule has 0 spiro atoms. The van der Waals surface area contributed by atoms with E-state index in [1.54, 1.807) is 38.5 Å². The molecule has 1 amide bonds. The summed E-state index contributed by atoms with van der Waals surface area (Å²) in [6.45, 7) is 0.755. The van der Waals surface area contributed by atoms with E-state index < -0.39 is 0 Å². The van der Waals surface area contributed by atoms with Gasteiger partial charge >= 0.3 is 0 Å². The summed E-state index contributed by atoms with van der Waals surface area (Å²) in [5, 5.41) is 0. The van der Waals surface area contributed by atoms with Crippen LogP contribution >= 0.6 is 15.9 Å². The van der Waals surface area contributed by atoms with E-state index in [-0.39, 0.29) is 24.4 Å². The van der Waals surface area contributed by atoms with Gasteiger partial charge in [0.05, 0.1) is 20.3 Å². The molecule has 0 bridgehead atoms. The normalized spacial score (nSPS) is 15.1. The van der Waals surface area contributed by atoms with E-state index >= 15 is 0 Å². The maximum atomic E-state index is 13.4. The molecule has 0 N–H and O–H groups in total. The van der Waals surface area contributed by atoms with Crippen LogP contribution in [-0.2, 0) is 6.42 Å². The average molecular weight is 500 g/mol. The van der Waals surface area contributed by atoms with E-state index in [9.17, 15) is 9.18 Å². The van der Waals surface area contributed by atoms with Gasteiger partial charge in [0.25, 0.3) is 5.91 Å². The lowest BCUT2D eigenvalue weighted by atomic mass is 9.91. The molecule has 0 unspecified atom stereocenters. The Morgan fingerprint density at radius 1 is 1.03 bits per heavy atom. The molecular formula is C25H23BrFNO4. The first-order valence-electron chi connectivity index (χ1n) is 10.2. The van der Waals surface area contributed by atoms with Crippen molar-refractivity contribution in [2.45, 2.75) is 12.5 Å². The van der Waals surface area contributed by atoms with E-state index in [0.717, 1.165) is 15.6 Å². The molecular weight excluding hydrogens is 477 g/mol. The third-order valence-electron chi connectivity index (χ3n) is 5.58. The Bertz CT molecular complexity index is 1100. The minimum atomic E-state index is -0.347. The van der Waals surface area contributed by atoms with E-state index in [4.69, 9.17) is 14.2 Å². The highest BCUT2D eigenvalue weighted by atomic mass is 79.9. The van der Waals surface area contributed by atoms with Gasteiger partial charge in [0.1, 0.15) is 18.2 Å². The second-order valence-corrected chi connectivity index (χ2v) is 8.36. The summed E-state index contributed by atoms with van der Waals surface area (Å²) in [6, 6.07) is 16.7. The maximum absolute atomic E-state index is 13.4. The third kappa shape index (κ3) is 4.58. The maximum Gasteiger partial charge on any atom is 0.254 e. The van der Waals surface area contributed by atoms with Crippen molar-refractivity contribution < 1.29 is 23.4 Å². The molecule has 166 valence electrons. The van der Waals surface area contributed by atoms with Gasteiger partial charge in [0.15, 0.2) is 11.5 Å². The van der Waals surface area contributed by atoms with Gasteiger partial charge in [-0.2, -0.15) is 0 Å². The van der Waals surface area contributed by atoms with Gasteiger partial charge in [0.2, 0.25) is 0 Å². The molecule has 7 heteroatoms. The zero-order chi connectivity index (χ0) is 22.7. The van der Waals surface area contributed by atoms with Gasteiger partial charge in [-0.05, 0) is 78.2 Å². The van der Waals surface area contributed by atoms with E-state index in [1.807, 2.05) is 29.2 Å². The molecule has 1 aliphatic heterocycles. The molecule has 0 aromatic heterocycles. The summed E-state index contributed by atoms with van der Waals surface area (Å²) >= 11 is 3.41. The number of fused-ring (bicyclic) bond motifs is 1. The monoisotopic (exact) mass is 499 g/mol. The van der Waals surface area contributed by atoms with Gasteiger partial charge in [0, 0.05) is 16.6 Å². The van der Waals surface area contributed by atoms with Crippen LogP contribution in [0.25, 0.3) is 0 Å².